The number of aryl methyl sites for hydroxylation is 2. The highest BCUT2D eigenvalue weighted by atomic mass is 16.2. The van der Waals surface area contributed by atoms with Crippen molar-refractivity contribution in [1.29, 1.82) is 0 Å². The predicted octanol–water partition coefficient (Wildman–Crippen LogP) is 2.87. The van der Waals surface area contributed by atoms with Gasteiger partial charge in [0.05, 0.1) is 0 Å². The van der Waals surface area contributed by atoms with Crippen molar-refractivity contribution < 1.29 is 4.79 Å². The molecule has 0 aliphatic carbocycles. The van der Waals surface area contributed by atoms with Crippen LogP contribution in [0.15, 0.2) is 60.8 Å². The number of amides is 1. The first kappa shape index (κ1) is 19.5. The van der Waals surface area contributed by atoms with Gasteiger partial charge in [-0.1, -0.05) is 36.4 Å². The van der Waals surface area contributed by atoms with Gasteiger partial charge in [0, 0.05) is 42.7 Å². The number of nitrogens with zero attached hydrogens (tertiary/aromatic N) is 3. The molecule has 2 heterocycles. The Morgan fingerprint density at radius 2 is 1.71 bits per heavy atom. The Morgan fingerprint density at radius 1 is 1.00 bits per heavy atom. The number of hydrogen-bond acceptors (Lipinski definition) is 5. The zero-order chi connectivity index (χ0) is 19.8. The molecule has 1 atom stereocenters. The molecule has 2 N–H and O–H groups in total. The molecular formula is C22H25N5O. The summed E-state index contributed by atoms with van der Waals surface area (Å²) < 4.78 is 0. The maximum absolute atomic E-state index is 12.9. The van der Waals surface area contributed by atoms with Crippen molar-refractivity contribution in [2.24, 2.45) is 0 Å². The average Bonchev–Trinajstić information content (AvgIpc) is 2.68. The minimum absolute atomic E-state index is 0.0810. The maximum Gasteiger partial charge on any atom is 0.242 e. The van der Waals surface area contributed by atoms with Crippen molar-refractivity contribution in [3.63, 3.8) is 0 Å². The third-order valence-electron chi connectivity index (χ3n) is 4.29. The van der Waals surface area contributed by atoms with Crippen molar-refractivity contribution in [3.05, 3.63) is 83.4 Å². The van der Waals surface area contributed by atoms with Gasteiger partial charge in [-0.25, -0.2) is 9.97 Å². The number of hydrogen-bond donors (Lipinski definition) is 2. The molecule has 3 rings (SSSR count). The Hall–Kier alpha value is -3.28. The fourth-order valence-electron chi connectivity index (χ4n) is 2.99. The van der Waals surface area contributed by atoms with Crippen molar-refractivity contribution in [1.82, 2.24) is 20.3 Å². The third kappa shape index (κ3) is 5.87. The van der Waals surface area contributed by atoms with Crippen molar-refractivity contribution >= 4 is 11.9 Å². The molecule has 0 fully saturated rings. The first-order valence-electron chi connectivity index (χ1n) is 9.40. The lowest BCUT2D eigenvalue weighted by molar-refractivity contribution is -0.121. The highest BCUT2D eigenvalue weighted by Gasteiger charge is 2.20. The predicted molar refractivity (Wildman–Crippen MR) is 110 cm³/mol. The Kier molecular flexibility index (Phi) is 6.68. The number of rotatable bonds is 8. The van der Waals surface area contributed by atoms with E-state index in [4.69, 9.17) is 0 Å². The highest BCUT2D eigenvalue weighted by Crippen LogP contribution is 2.10. The number of anilines is 1. The summed E-state index contributed by atoms with van der Waals surface area (Å²) >= 11 is 0. The SMILES string of the molecule is Cc1cc(C)nc(N[C@H](Cc2ccccc2)C(=O)NCCc2ccccn2)n1. The summed E-state index contributed by atoms with van der Waals surface area (Å²) in [5, 5.41) is 6.21. The van der Waals surface area contributed by atoms with Crippen molar-refractivity contribution in [3.8, 4) is 0 Å². The van der Waals surface area contributed by atoms with Crippen LogP contribution in [0.4, 0.5) is 5.95 Å². The first-order chi connectivity index (χ1) is 13.6. The molecule has 0 radical (unpaired) electrons. The topological polar surface area (TPSA) is 79.8 Å². The van der Waals surface area contributed by atoms with E-state index in [-0.39, 0.29) is 5.91 Å². The molecule has 0 unspecified atom stereocenters. The van der Waals surface area contributed by atoms with Crippen LogP contribution in [0.25, 0.3) is 0 Å². The molecule has 0 aliphatic rings. The Labute approximate surface area is 165 Å². The summed E-state index contributed by atoms with van der Waals surface area (Å²) in [6, 6.07) is 17.2. The average molecular weight is 375 g/mol. The lowest BCUT2D eigenvalue weighted by Gasteiger charge is -2.19. The Balaban J connectivity index is 1.68. The third-order valence-corrected chi connectivity index (χ3v) is 4.29. The number of nitrogens with one attached hydrogen (secondary N) is 2. The van der Waals surface area contributed by atoms with Gasteiger partial charge in [-0.15, -0.1) is 0 Å². The quantitative estimate of drug-likeness (QED) is 0.633. The van der Waals surface area contributed by atoms with E-state index in [1.165, 1.54) is 0 Å². The van der Waals surface area contributed by atoms with E-state index >= 15 is 0 Å². The molecule has 0 saturated carbocycles. The fourth-order valence-corrected chi connectivity index (χ4v) is 2.99. The van der Waals surface area contributed by atoms with Crippen LogP contribution in [0.1, 0.15) is 22.6 Å². The molecule has 2 aromatic heterocycles. The smallest absolute Gasteiger partial charge is 0.242 e. The van der Waals surface area contributed by atoms with Crippen LogP contribution < -0.4 is 10.6 Å². The molecule has 28 heavy (non-hydrogen) atoms. The van der Waals surface area contributed by atoms with Crippen molar-refractivity contribution in [2.75, 3.05) is 11.9 Å². The molecule has 6 nitrogen and oxygen atoms in total. The lowest BCUT2D eigenvalue weighted by atomic mass is 10.1. The lowest BCUT2D eigenvalue weighted by Crippen LogP contribution is -2.42. The Morgan fingerprint density at radius 3 is 2.39 bits per heavy atom. The zero-order valence-corrected chi connectivity index (χ0v) is 16.2. The highest BCUT2D eigenvalue weighted by molar-refractivity contribution is 5.84. The first-order valence-corrected chi connectivity index (χ1v) is 9.40. The van der Waals surface area contributed by atoms with Crippen LogP contribution >= 0.6 is 0 Å². The van der Waals surface area contributed by atoms with Crippen LogP contribution in [-0.2, 0) is 17.6 Å². The molecular weight excluding hydrogens is 350 g/mol. The summed E-state index contributed by atoms with van der Waals surface area (Å²) in [6.07, 6.45) is 2.99. The number of benzene rings is 1. The van der Waals surface area contributed by atoms with E-state index in [2.05, 4.69) is 25.6 Å². The standard InChI is InChI=1S/C22H25N5O/c1-16-14-17(2)26-22(25-16)27-20(15-18-8-4-3-5-9-18)21(28)24-13-11-19-10-6-7-12-23-19/h3-10,12,14,20H,11,13,15H2,1-2H3,(H,24,28)(H,25,26,27)/t20-/m1/s1. The van der Waals surface area contributed by atoms with Crippen LogP contribution in [0.5, 0.6) is 0 Å². The zero-order valence-electron chi connectivity index (χ0n) is 16.2. The molecule has 6 heteroatoms. The van der Waals surface area contributed by atoms with Gasteiger partial charge in [-0.05, 0) is 37.6 Å². The number of carbonyl (C=O) groups is 1. The summed E-state index contributed by atoms with van der Waals surface area (Å²) in [7, 11) is 0. The molecule has 3 aromatic rings. The van der Waals surface area contributed by atoms with E-state index < -0.39 is 6.04 Å². The number of pyridine rings is 1. The van der Waals surface area contributed by atoms with E-state index in [0.29, 0.717) is 25.3 Å². The minimum atomic E-state index is -0.465. The number of carbonyl (C=O) groups excluding carboxylic acids is 1. The van der Waals surface area contributed by atoms with Gasteiger partial charge in [-0.3, -0.25) is 9.78 Å². The molecule has 1 aromatic carbocycles. The van der Waals surface area contributed by atoms with E-state index in [1.54, 1.807) is 6.20 Å². The van der Waals surface area contributed by atoms with Crippen LogP contribution in [0.2, 0.25) is 0 Å². The van der Waals surface area contributed by atoms with Gasteiger partial charge < -0.3 is 10.6 Å². The minimum Gasteiger partial charge on any atom is -0.354 e. The van der Waals surface area contributed by atoms with E-state index in [9.17, 15) is 4.79 Å². The molecule has 0 bridgehead atoms. The number of aromatic nitrogens is 3. The largest absolute Gasteiger partial charge is 0.354 e. The summed E-state index contributed by atoms with van der Waals surface area (Å²) in [5.74, 6) is 0.390. The molecule has 0 spiro atoms. The van der Waals surface area contributed by atoms with Gasteiger partial charge in [0.15, 0.2) is 0 Å². The van der Waals surface area contributed by atoms with E-state index in [1.807, 2.05) is 68.4 Å². The van der Waals surface area contributed by atoms with Gasteiger partial charge in [0.1, 0.15) is 6.04 Å². The van der Waals surface area contributed by atoms with Gasteiger partial charge >= 0.3 is 0 Å². The second-order valence-corrected chi connectivity index (χ2v) is 6.72. The van der Waals surface area contributed by atoms with Gasteiger partial charge in [-0.2, -0.15) is 0 Å². The molecule has 0 aliphatic heterocycles. The van der Waals surface area contributed by atoms with Crippen LogP contribution in [0, 0.1) is 13.8 Å². The molecule has 0 saturated heterocycles. The maximum atomic E-state index is 12.9. The second kappa shape index (κ2) is 9.60. The summed E-state index contributed by atoms with van der Waals surface area (Å²) in [4.78, 5) is 26.0. The van der Waals surface area contributed by atoms with Crippen molar-refractivity contribution in [2.45, 2.75) is 32.7 Å². The van der Waals surface area contributed by atoms with Crippen LogP contribution in [-0.4, -0.2) is 33.4 Å². The molecule has 1 amide bonds. The van der Waals surface area contributed by atoms with Gasteiger partial charge in [0.25, 0.3) is 0 Å². The Bertz CT molecular complexity index is 879. The normalized spacial score (nSPS) is 11.6. The summed E-state index contributed by atoms with van der Waals surface area (Å²) in [6.45, 7) is 4.36. The van der Waals surface area contributed by atoms with Gasteiger partial charge in [0.2, 0.25) is 11.9 Å². The van der Waals surface area contributed by atoms with E-state index in [0.717, 1.165) is 22.6 Å². The fraction of sp³-hybridized carbons (Fsp3) is 0.273. The monoisotopic (exact) mass is 375 g/mol. The van der Waals surface area contributed by atoms with Crippen LogP contribution in [0.3, 0.4) is 0 Å². The molecule has 144 valence electrons. The summed E-state index contributed by atoms with van der Waals surface area (Å²) in [5.41, 5.74) is 3.75. The second-order valence-electron chi connectivity index (χ2n) is 6.72.